The van der Waals surface area contributed by atoms with E-state index < -0.39 is 0 Å². The third-order valence-electron chi connectivity index (χ3n) is 5.81. The molecule has 0 spiro atoms. The summed E-state index contributed by atoms with van der Waals surface area (Å²) >= 11 is 0. The van der Waals surface area contributed by atoms with E-state index in [4.69, 9.17) is 0 Å². The highest BCUT2D eigenvalue weighted by atomic mass is 16.2. The van der Waals surface area contributed by atoms with Crippen LogP contribution in [0.25, 0.3) is 5.65 Å². The van der Waals surface area contributed by atoms with Crippen LogP contribution in [0.15, 0.2) is 41.2 Å². The topological polar surface area (TPSA) is 73.7 Å². The molecule has 1 aromatic carbocycles. The number of fused-ring (bicyclic) bond motifs is 1. The summed E-state index contributed by atoms with van der Waals surface area (Å²) in [6.07, 6.45) is 1.35. The van der Waals surface area contributed by atoms with E-state index in [0.717, 1.165) is 56.1 Å². The van der Waals surface area contributed by atoms with E-state index in [1.165, 1.54) is 11.6 Å². The summed E-state index contributed by atoms with van der Waals surface area (Å²) < 4.78 is 1.67. The smallest absolute Gasteiger partial charge is 0.266 e. The van der Waals surface area contributed by atoms with Crippen molar-refractivity contribution >= 4 is 11.6 Å². The molecule has 1 aliphatic heterocycles. The summed E-state index contributed by atoms with van der Waals surface area (Å²) in [4.78, 5) is 33.3. The van der Waals surface area contributed by atoms with Crippen LogP contribution in [0.2, 0.25) is 0 Å². The number of benzene rings is 1. The second-order valence-electron chi connectivity index (χ2n) is 7.71. The van der Waals surface area contributed by atoms with Gasteiger partial charge in [0.15, 0.2) is 5.65 Å². The van der Waals surface area contributed by atoms with Gasteiger partial charge >= 0.3 is 0 Å². The molecule has 1 saturated heterocycles. The molecule has 1 N–H and O–H groups in total. The summed E-state index contributed by atoms with van der Waals surface area (Å²) in [7, 11) is 0. The van der Waals surface area contributed by atoms with Crippen molar-refractivity contribution in [3.8, 4) is 0 Å². The molecule has 0 radical (unpaired) electrons. The molecule has 1 aliphatic rings. The van der Waals surface area contributed by atoms with Crippen LogP contribution in [0.5, 0.6) is 0 Å². The van der Waals surface area contributed by atoms with Gasteiger partial charge in [0.05, 0.1) is 6.42 Å². The maximum Gasteiger partial charge on any atom is 0.266 e. The van der Waals surface area contributed by atoms with Crippen molar-refractivity contribution in [1.29, 1.82) is 0 Å². The first kappa shape index (κ1) is 19.4. The Morgan fingerprint density at radius 2 is 1.83 bits per heavy atom. The van der Waals surface area contributed by atoms with Crippen LogP contribution in [-0.2, 0) is 17.6 Å². The van der Waals surface area contributed by atoms with Gasteiger partial charge in [0, 0.05) is 55.7 Å². The van der Waals surface area contributed by atoms with Crippen molar-refractivity contribution < 1.29 is 4.79 Å². The Morgan fingerprint density at radius 1 is 1.10 bits per heavy atom. The van der Waals surface area contributed by atoms with Crippen LogP contribution in [0.1, 0.15) is 22.5 Å². The molecule has 4 rings (SSSR count). The lowest BCUT2D eigenvalue weighted by Gasteiger charge is -2.35. The molecule has 2 aromatic heterocycles. The third kappa shape index (κ3) is 4.24. The number of aryl methyl sites for hydroxylation is 2. The molecule has 7 heteroatoms. The van der Waals surface area contributed by atoms with Gasteiger partial charge in [-0.15, -0.1) is 0 Å². The number of rotatable bonds is 5. The number of aromatic nitrogens is 3. The zero-order chi connectivity index (χ0) is 20.4. The second-order valence-corrected chi connectivity index (χ2v) is 7.71. The van der Waals surface area contributed by atoms with Gasteiger partial charge in [-0.2, -0.15) is 0 Å². The van der Waals surface area contributed by atoms with Crippen LogP contribution in [-0.4, -0.2) is 63.0 Å². The van der Waals surface area contributed by atoms with Crippen molar-refractivity contribution in [3.05, 3.63) is 69.3 Å². The van der Waals surface area contributed by atoms with Crippen LogP contribution < -0.4 is 5.56 Å². The quantitative estimate of drug-likeness (QED) is 0.714. The Labute approximate surface area is 170 Å². The SMILES string of the molecule is Cc1nc2cc(=O)[nH]n2c(C)c1CC(=O)N1CCN(CCc2ccccc2)CC1. The Hall–Kier alpha value is -2.93. The molecular formula is C22H27N5O2. The van der Waals surface area contributed by atoms with E-state index in [2.05, 4.69) is 39.2 Å². The van der Waals surface area contributed by atoms with Crippen LogP contribution in [0.3, 0.4) is 0 Å². The molecule has 3 aromatic rings. The number of aromatic amines is 1. The number of nitrogens with zero attached hydrogens (tertiary/aromatic N) is 4. The fourth-order valence-electron chi connectivity index (χ4n) is 4.03. The molecule has 0 bridgehead atoms. The highest BCUT2D eigenvalue weighted by Gasteiger charge is 2.23. The standard InChI is InChI=1S/C22H27N5O2/c1-16-19(17(2)27-20(23-16)15-21(28)24-27)14-22(29)26-12-10-25(11-13-26)9-8-18-6-4-3-5-7-18/h3-7,15H,8-14H2,1-2H3,(H,24,28). The number of amides is 1. The summed E-state index contributed by atoms with van der Waals surface area (Å²) in [6.45, 7) is 8.14. The van der Waals surface area contributed by atoms with E-state index in [1.54, 1.807) is 4.52 Å². The molecule has 1 amide bonds. The van der Waals surface area contributed by atoms with Gasteiger partial charge in [0.2, 0.25) is 5.91 Å². The minimum Gasteiger partial charge on any atom is -0.340 e. The molecular weight excluding hydrogens is 366 g/mol. The number of hydrogen-bond donors (Lipinski definition) is 1. The maximum absolute atomic E-state index is 12.9. The second kappa shape index (κ2) is 8.21. The Morgan fingerprint density at radius 3 is 2.55 bits per heavy atom. The van der Waals surface area contributed by atoms with Gasteiger partial charge < -0.3 is 4.90 Å². The van der Waals surface area contributed by atoms with Gasteiger partial charge in [0.25, 0.3) is 5.56 Å². The lowest BCUT2D eigenvalue weighted by Crippen LogP contribution is -2.49. The lowest BCUT2D eigenvalue weighted by molar-refractivity contribution is -0.132. The van der Waals surface area contributed by atoms with E-state index in [0.29, 0.717) is 12.1 Å². The van der Waals surface area contributed by atoms with Crippen molar-refractivity contribution in [2.45, 2.75) is 26.7 Å². The van der Waals surface area contributed by atoms with E-state index in [9.17, 15) is 9.59 Å². The third-order valence-corrected chi connectivity index (χ3v) is 5.81. The molecule has 0 atom stereocenters. The van der Waals surface area contributed by atoms with Gasteiger partial charge in [-0.05, 0) is 25.8 Å². The molecule has 152 valence electrons. The lowest BCUT2D eigenvalue weighted by atomic mass is 10.1. The van der Waals surface area contributed by atoms with Gasteiger partial charge in [-0.3, -0.25) is 19.6 Å². The van der Waals surface area contributed by atoms with Crippen molar-refractivity contribution in [2.24, 2.45) is 0 Å². The first-order chi connectivity index (χ1) is 14.0. The number of carbonyl (C=O) groups excluding carboxylic acids is 1. The summed E-state index contributed by atoms with van der Waals surface area (Å²) in [6, 6.07) is 12.0. The number of carbonyl (C=O) groups is 1. The zero-order valence-electron chi connectivity index (χ0n) is 17.0. The van der Waals surface area contributed by atoms with Gasteiger partial charge in [0.1, 0.15) is 0 Å². The fourth-order valence-corrected chi connectivity index (χ4v) is 4.03. The minimum atomic E-state index is -0.185. The molecule has 0 saturated carbocycles. The number of hydrogen-bond acceptors (Lipinski definition) is 4. The van der Waals surface area contributed by atoms with Crippen LogP contribution >= 0.6 is 0 Å². The normalized spacial score (nSPS) is 15.2. The first-order valence-electron chi connectivity index (χ1n) is 10.1. The van der Waals surface area contributed by atoms with E-state index >= 15 is 0 Å². The highest BCUT2D eigenvalue weighted by molar-refractivity contribution is 5.79. The number of H-pyrrole nitrogens is 1. The maximum atomic E-state index is 12.9. The molecule has 0 unspecified atom stereocenters. The Bertz CT molecular complexity index is 1060. The highest BCUT2D eigenvalue weighted by Crippen LogP contribution is 2.16. The predicted octanol–water partition coefficient (Wildman–Crippen LogP) is 1.57. The van der Waals surface area contributed by atoms with Gasteiger partial charge in [-0.25, -0.2) is 9.50 Å². The molecule has 7 nitrogen and oxygen atoms in total. The van der Waals surface area contributed by atoms with E-state index in [-0.39, 0.29) is 11.5 Å². The minimum absolute atomic E-state index is 0.120. The molecule has 1 fully saturated rings. The largest absolute Gasteiger partial charge is 0.340 e. The summed E-state index contributed by atoms with van der Waals surface area (Å²) in [5.74, 6) is 0.120. The zero-order valence-corrected chi connectivity index (χ0v) is 17.0. The van der Waals surface area contributed by atoms with E-state index in [1.807, 2.05) is 24.8 Å². The monoisotopic (exact) mass is 393 g/mol. The summed E-state index contributed by atoms with van der Waals surface area (Å²) in [5, 5.41) is 2.75. The molecule has 3 heterocycles. The van der Waals surface area contributed by atoms with Crippen molar-refractivity contribution in [1.82, 2.24) is 24.4 Å². The first-order valence-corrected chi connectivity index (χ1v) is 10.1. The predicted molar refractivity (Wildman–Crippen MR) is 112 cm³/mol. The van der Waals surface area contributed by atoms with Crippen LogP contribution in [0, 0.1) is 13.8 Å². The van der Waals surface area contributed by atoms with Crippen molar-refractivity contribution in [3.63, 3.8) is 0 Å². The number of piperazine rings is 1. The Balaban J connectivity index is 1.35. The van der Waals surface area contributed by atoms with Crippen LogP contribution in [0.4, 0.5) is 0 Å². The average molecular weight is 393 g/mol. The molecule has 29 heavy (non-hydrogen) atoms. The van der Waals surface area contributed by atoms with Crippen molar-refractivity contribution in [2.75, 3.05) is 32.7 Å². The fraction of sp³-hybridized carbons (Fsp3) is 0.409. The number of nitrogens with one attached hydrogen (secondary N) is 1. The summed E-state index contributed by atoms with van der Waals surface area (Å²) in [5.41, 5.74) is 4.31. The average Bonchev–Trinajstić information content (AvgIpc) is 3.11. The molecule has 0 aliphatic carbocycles. The Kier molecular flexibility index (Phi) is 5.49. The van der Waals surface area contributed by atoms with Gasteiger partial charge in [-0.1, -0.05) is 30.3 Å².